The lowest BCUT2D eigenvalue weighted by Gasteiger charge is -2.29. The number of hydrogen-bond acceptors (Lipinski definition) is 5. The summed E-state index contributed by atoms with van der Waals surface area (Å²) >= 11 is 1.34. The van der Waals surface area contributed by atoms with Gasteiger partial charge in [0, 0.05) is 24.9 Å². The van der Waals surface area contributed by atoms with E-state index in [1.807, 2.05) is 12.1 Å². The molecule has 2 N–H and O–H groups in total. The number of amides is 2. The van der Waals surface area contributed by atoms with E-state index in [1.165, 1.54) is 30.5 Å². The van der Waals surface area contributed by atoms with Crippen LogP contribution in [0.2, 0.25) is 0 Å². The van der Waals surface area contributed by atoms with Crippen LogP contribution in [0, 0.1) is 0 Å². The average molecular weight is 368 g/mol. The largest absolute Gasteiger partial charge is 0.497 e. The third-order valence-electron chi connectivity index (χ3n) is 3.55. The Hall–Kier alpha value is -2.22. The first-order valence-electron chi connectivity index (χ1n) is 7.84. The number of hydrogen-bond donors (Lipinski definition) is 2. The molecule has 0 saturated carbocycles. The fraction of sp³-hybridized carbons (Fsp3) is 0.471. The molecule has 25 heavy (non-hydrogen) atoms. The number of benzene rings is 1. The van der Waals surface area contributed by atoms with E-state index in [0.29, 0.717) is 0 Å². The summed E-state index contributed by atoms with van der Waals surface area (Å²) in [5.74, 6) is -0.880. The van der Waals surface area contributed by atoms with Crippen LogP contribution in [0.3, 0.4) is 0 Å². The number of ether oxygens (including phenoxy) is 1. The van der Waals surface area contributed by atoms with Gasteiger partial charge in [0.1, 0.15) is 11.8 Å². The first-order valence-corrected chi connectivity index (χ1v) is 8.72. The van der Waals surface area contributed by atoms with E-state index < -0.39 is 17.3 Å². The van der Waals surface area contributed by atoms with Gasteiger partial charge in [-0.2, -0.15) is 0 Å². The van der Waals surface area contributed by atoms with Gasteiger partial charge in [-0.1, -0.05) is 0 Å². The molecule has 0 radical (unpaired) electrons. The monoisotopic (exact) mass is 368 g/mol. The summed E-state index contributed by atoms with van der Waals surface area (Å²) in [5.41, 5.74) is 0. The Labute approximate surface area is 151 Å². The molecule has 7 nitrogen and oxygen atoms in total. The zero-order valence-corrected chi connectivity index (χ0v) is 15.6. The number of aliphatic carboxylic acids is 1. The summed E-state index contributed by atoms with van der Waals surface area (Å²) in [6.45, 7) is 4.91. The Bertz CT molecular complexity index is 606. The van der Waals surface area contributed by atoms with Gasteiger partial charge in [-0.15, -0.1) is 11.8 Å². The molecule has 1 aromatic carbocycles. The summed E-state index contributed by atoms with van der Waals surface area (Å²) in [4.78, 5) is 37.1. The SMILES string of the molecule is COc1ccc(SC(C)C(=O)N(CCNC(C)=O)C(C)C(=O)O)cc1. The molecule has 0 aliphatic heterocycles. The Kier molecular flexibility index (Phi) is 8.27. The quantitative estimate of drug-likeness (QED) is 0.643. The lowest BCUT2D eigenvalue weighted by Crippen LogP contribution is -2.49. The molecule has 0 spiro atoms. The standard InChI is InChI=1S/C17H24N2O5S/c1-11(17(22)23)19(10-9-18-13(3)20)16(21)12(2)25-15-7-5-14(24-4)6-8-15/h5-8,11-12H,9-10H2,1-4H3,(H,18,20)(H,22,23). The molecule has 2 unspecified atom stereocenters. The molecule has 0 heterocycles. The van der Waals surface area contributed by atoms with Crippen molar-refractivity contribution >= 4 is 29.5 Å². The summed E-state index contributed by atoms with van der Waals surface area (Å²) in [7, 11) is 1.58. The van der Waals surface area contributed by atoms with Crippen molar-refractivity contribution < 1.29 is 24.2 Å². The maximum atomic E-state index is 12.7. The summed E-state index contributed by atoms with van der Waals surface area (Å²) in [6.07, 6.45) is 0. The molecule has 0 bridgehead atoms. The topological polar surface area (TPSA) is 95.9 Å². The van der Waals surface area contributed by atoms with Gasteiger partial charge in [0.25, 0.3) is 0 Å². The normalized spacial score (nSPS) is 12.8. The zero-order valence-electron chi connectivity index (χ0n) is 14.8. The van der Waals surface area contributed by atoms with Crippen molar-refractivity contribution in [1.29, 1.82) is 0 Å². The highest BCUT2D eigenvalue weighted by Gasteiger charge is 2.29. The van der Waals surface area contributed by atoms with Gasteiger partial charge in [-0.05, 0) is 38.1 Å². The Balaban J connectivity index is 2.78. The minimum absolute atomic E-state index is 0.138. The molecule has 0 aliphatic carbocycles. The third-order valence-corrected chi connectivity index (χ3v) is 4.65. The molecule has 1 rings (SSSR count). The molecule has 8 heteroatoms. The van der Waals surface area contributed by atoms with Gasteiger partial charge in [0.05, 0.1) is 12.4 Å². The molecular weight excluding hydrogens is 344 g/mol. The maximum absolute atomic E-state index is 12.7. The van der Waals surface area contributed by atoms with E-state index in [1.54, 1.807) is 26.2 Å². The van der Waals surface area contributed by atoms with E-state index in [0.717, 1.165) is 10.6 Å². The maximum Gasteiger partial charge on any atom is 0.326 e. The number of rotatable bonds is 9. The van der Waals surface area contributed by atoms with Crippen molar-refractivity contribution in [3.63, 3.8) is 0 Å². The van der Waals surface area contributed by atoms with Gasteiger partial charge < -0.3 is 20.1 Å². The minimum atomic E-state index is -1.09. The van der Waals surface area contributed by atoms with Crippen LogP contribution in [0.1, 0.15) is 20.8 Å². The van der Waals surface area contributed by atoms with Crippen LogP contribution in [0.4, 0.5) is 0 Å². The van der Waals surface area contributed by atoms with Crippen molar-refractivity contribution in [2.75, 3.05) is 20.2 Å². The fourth-order valence-electron chi connectivity index (χ4n) is 2.12. The highest BCUT2D eigenvalue weighted by Crippen LogP contribution is 2.26. The van der Waals surface area contributed by atoms with Crippen LogP contribution in [0.5, 0.6) is 5.75 Å². The molecule has 138 valence electrons. The summed E-state index contributed by atoms with van der Waals surface area (Å²) in [5, 5.41) is 11.4. The highest BCUT2D eigenvalue weighted by atomic mass is 32.2. The molecule has 2 atom stereocenters. The van der Waals surface area contributed by atoms with Crippen LogP contribution in [-0.4, -0.2) is 59.3 Å². The highest BCUT2D eigenvalue weighted by molar-refractivity contribution is 8.00. The molecule has 1 aromatic rings. The number of carbonyl (C=O) groups excluding carboxylic acids is 2. The average Bonchev–Trinajstić information content (AvgIpc) is 2.57. The second-order valence-electron chi connectivity index (χ2n) is 5.46. The smallest absolute Gasteiger partial charge is 0.326 e. The van der Waals surface area contributed by atoms with Crippen molar-refractivity contribution in [3.8, 4) is 5.75 Å². The number of carbonyl (C=O) groups is 3. The number of nitrogens with zero attached hydrogens (tertiary/aromatic N) is 1. The fourth-order valence-corrected chi connectivity index (χ4v) is 3.06. The van der Waals surface area contributed by atoms with E-state index in [-0.39, 0.29) is 24.9 Å². The van der Waals surface area contributed by atoms with Crippen LogP contribution in [0.25, 0.3) is 0 Å². The number of nitrogens with one attached hydrogen (secondary N) is 1. The molecule has 0 aliphatic rings. The Morgan fingerprint density at radius 1 is 1.24 bits per heavy atom. The van der Waals surface area contributed by atoms with Gasteiger partial charge in [0.15, 0.2) is 0 Å². The van der Waals surface area contributed by atoms with E-state index in [2.05, 4.69) is 5.32 Å². The van der Waals surface area contributed by atoms with Crippen LogP contribution in [0.15, 0.2) is 29.2 Å². The van der Waals surface area contributed by atoms with Crippen molar-refractivity contribution in [1.82, 2.24) is 10.2 Å². The molecule has 0 saturated heterocycles. The number of carboxylic acids is 1. The van der Waals surface area contributed by atoms with Crippen molar-refractivity contribution in [2.24, 2.45) is 0 Å². The predicted octanol–water partition coefficient (Wildman–Crippen LogP) is 1.61. The predicted molar refractivity (Wildman–Crippen MR) is 95.8 cm³/mol. The first-order chi connectivity index (χ1) is 11.8. The lowest BCUT2D eigenvalue weighted by atomic mass is 10.2. The minimum Gasteiger partial charge on any atom is -0.497 e. The molecular formula is C17H24N2O5S. The number of carboxylic acid groups (broad SMARTS) is 1. The van der Waals surface area contributed by atoms with Gasteiger partial charge in [0.2, 0.25) is 11.8 Å². The number of thioether (sulfide) groups is 1. The first kappa shape index (κ1) is 20.8. The van der Waals surface area contributed by atoms with Gasteiger partial charge in [-0.25, -0.2) is 4.79 Å². The summed E-state index contributed by atoms with van der Waals surface area (Å²) in [6, 6.07) is 6.31. The Morgan fingerprint density at radius 3 is 2.32 bits per heavy atom. The second-order valence-corrected chi connectivity index (χ2v) is 6.88. The molecule has 0 aromatic heterocycles. The lowest BCUT2D eigenvalue weighted by molar-refractivity contribution is -0.149. The van der Waals surface area contributed by atoms with Crippen LogP contribution >= 0.6 is 11.8 Å². The summed E-state index contributed by atoms with van der Waals surface area (Å²) < 4.78 is 5.10. The van der Waals surface area contributed by atoms with E-state index in [4.69, 9.17) is 4.74 Å². The molecule has 0 fully saturated rings. The van der Waals surface area contributed by atoms with Crippen LogP contribution in [-0.2, 0) is 14.4 Å². The van der Waals surface area contributed by atoms with Gasteiger partial charge in [-0.3, -0.25) is 9.59 Å². The molecule has 2 amide bonds. The second kappa shape index (κ2) is 9.93. The number of methoxy groups -OCH3 is 1. The van der Waals surface area contributed by atoms with Crippen molar-refractivity contribution in [3.05, 3.63) is 24.3 Å². The van der Waals surface area contributed by atoms with Crippen LogP contribution < -0.4 is 10.1 Å². The Morgan fingerprint density at radius 2 is 1.84 bits per heavy atom. The van der Waals surface area contributed by atoms with Gasteiger partial charge >= 0.3 is 5.97 Å². The third kappa shape index (κ3) is 6.66. The zero-order chi connectivity index (χ0) is 19.0. The van der Waals surface area contributed by atoms with E-state index >= 15 is 0 Å². The van der Waals surface area contributed by atoms with E-state index in [9.17, 15) is 19.5 Å². The van der Waals surface area contributed by atoms with Crippen molar-refractivity contribution in [2.45, 2.75) is 37.0 Å².